The zero-order valence-electron chi connectivity index (χ0n) is 20.5. The SMILES string of the molecule is CNC(=O)c1c(NC(=O)c2cccc(NS(=O)(=O)c3ccc(C)cc3)c2)sc2c1CCN(C(=O)OC)C2. The van der Waals surface area contributed by atoms with Crippen molar-refractivity contribution in [3.8, 4) is 0 Å². The molecule has 0 fully saturated rings. The van der Waals surface area contributed by atoms with Gasteiger partial charge in [-0.2, -0.15) is 0 Å². The number of nitrogens with one attached hydrogen (secondary N) is 3. The number of methoxy groups -OCH3 is 1. The number of fused-ring (bicyclic) bond motifs is 1. The van der Waals surface area contributed by atoms with Crippen molar-refractivity contribution in [1.82, 2.24) is 10.2 Å². The van der Waals surface area contributed by atoms with Crippen LogP contribution in [-0.4, -0.2) is 51.9 Å². The highest BCUT2D eigenvalue weighted by molar-refractivity contribution is 7.92. The molecule has 0 bridgehead atoms. The maximum atomic E-state index is 13.1. The summed E-state index contributed by atoms with van der Waals surface area (Å²) in [7, 11) is -1.03. The van der Waals surface area contributed by atoms with Crippen molar-refractivity contribution < 1.29 is 27.5 Å². The second kappa shape index (κ2) is 10.6. The van der Waals surface area contributed by atoms with E-state index >= 15 is 0 Å². The van der Waals surface area contributed by atoms with Gasteiger partial charge in [-0.25, -0.2) is 13.2 Å². The Morgan fingerprint density at radius 3 is 2.46 bits per heavy atom. The van der Waals surface area contributed by atoms with Crippen LogP contribution in [0.2, 0.25) is 0 Å². The van der Waals surface area contributed by atoms with Crippen LogP contribution in [-0.2, 0) is 27.7 Å². The number of anilines is 2. The second-order valence-electron chi connectivity index (χ2n) is 8.38. The molecule has 0 atom stereocenters. The molecular weight excluding hydrogens is 516 g/mol. The first-order valence-corrected chi connectivity index (χ1v) is 13.6. The molecular formula is C25H26N4O6S2. The predicted molar refractivity (Wildman–Crippen MR) is 141 cm³/mol. The number of sulfonamides is 1. The number of benzene rings is 2. The maximum Gasteiger partial charge on any atom is 0.409 e. The number of amides is 3. The first-order chi connectivity index (χ1) is 17.6. The van der Waals surface area contributed by atoms with E-state index in [1.807, 2.05) is 6.92 Å². The summed E-state index contributed by atoms with van der Waals surface area (Å²) < 4.78 is 32.8. The first-order valence-electron chi connectivity index (χ1n) is 11.3. The molecule has 3 amide bonds. The molecule has 2 heterocycles. The summed E-state index contributed by atoms with van der Waals surface area (Å²) in [6, 6.07) is 12.5. The molecule has 0 saturated heterocycles. The summed E-state index contributed by atoms with van der Waals surface area (Å²) in [5.41, 5.74) is 2.49. The van der Waals surface area contributed by atoms with Gasteiger partial charge in [0, 0.05) is 29.7 Å². The van der Waals surface area contributed by atoms with Crippen molar-refractivity contribution in [3.63, 3.8) is 0 Å². The Balaban J connectivity index is 1.57. The highest BCUT2D eigenvalue weighted by Crippen LogP contribution is 2.37. The molecule has 0 radical (unpaired) electrons. The smallest absolute Gasteiger partial charge is 0.409 e. The number of aryl methyl sites for hydroxylation is 1. The lowest BCUT2D eigenvalue weighted by Crippen LogP contribution is -2.35. The van der Waals surface area contributed by atoms with E-state index in [9.17, 15) is 22.8 Å². The van der Waals surface area contributed by atoms with Crippen molar-refractivity contribution >= 4 is 50.0 Å². The summed E-state index contributed by atoms with van der Waals surface area (Å²) in [4.78, 5) is 40.2. The molecule has 2 aromatic carbocycles. The zero-order chi connectivity index (χ0) is 26.7. The van der Waals surface area contributed by atoms with Gasteiger partial charge in [-0.05, 0) is 49.2 Å². The lowest BCUT2D eigenvalue weighted by molar-refractivity contribution is 0.0962. The molecule has 1 aliphatic heterocycles. The van der Waals surface area contributed by atoms with Crippen molar-refractivity contribution in [3.05, 3.63) is 75.7 Å². The van der Waals surface area contributed by atoms with Crippen molar-refractivity contribution in [2.75, 3.05) is 30.7 Å². The van der Waals surface area contributed by atoms with Gasteiger partial charge in [0.25, 0.3) is 21.8 Å². The third-order valence-electron chi connectivity index (χ3n) is 5.88. The predicted octanol–water partition coefficient (Wildman–Crippen LogP) is 3.59. The van der Waals surface area contributed by atoms with Crippen LogP contribution in [0, 0.1) is 6.92 Å². The number of thiophene rings is 1. The topological polar surface area (TPSA) is 134 Å². The van der Waals surface area contributed by atoms with Crippen LogP contribution in [0.25, 0.3) is 0 Å². The number of carbonyl (C=O) groups is 3. The van der Waals surface area contributed by atoms with E-state index in [4.69, 9.17) is 4.74 Å². The molecule has 3 N–H and O–H groups in total. The van der Waals surface area contributed by atoms with Gasteiger partial charge >= 0.3 is 6.09 Å². The van der Waals surface area contributed by atoms with Gasteiger partial charge in [0.1, 0.15) is 5.00 Å². The van der Waals surface area contributed by atoms with Crippen LogP contribution < -0.4 is 15.4 Å². The van der Waals surface area contributed by atoms with Crippen LogP contribution in [0.4, 0.5) is 15.5 Å². The molecule has 1 aliphatic rings. The van der Waals surface area contributed by atoms with E-state index < -0.39 is 22.0 Å². The molecule has 4 rings (SSSR count). The molecule has 0 unspecified atom stereocenters. The highest BCUT2D eigenvalue weighted by Gasteiger charge is 2.30. The lowest BCUT2D eigenvalue weighted by atomic mass is 10.0. The van der Waals surface area contributed by atoms with Crippen molar-refractivity contribution in [1.29, 1.82) is 0 Å². The Bertz CT molecular complexity index is 1460. The van der Waals surface area contributed by atoms with Gasteiger partial charge in [0.2, 0.25) is 0 Å². The van der Waals surface area contributed by atoms with E-state index in [1.54, 1.807) is 30.3 Å². The first kappa shape index (κ1) is 26.2. The second-order valence-corrected chi connectivity index (χ2v) is 11.2. The van der Waals surface area contributed by atoms with E-state index in [2.05, 4.69) is 15.4 Å². The lowest BCUT2D eigenvalue weighted by Gasteiger charge is -2.25. The summed E-state index contributed by atoms with van der Waals surface area (Å²) in [6.07, 6.45) is -0.0217. The van der Waals surface area contributed by atoms with Crippen LogP contribution in [0.1, 0.15) is 36.7 Å². The molecule has 10 nitrogen and oxygen atoms in total. The Hall–Kier alpha value is -3.90. The fourth-order valence-electron chi connectivity index (χ4n) is 3.97. The van der Waals surface area contributed by atoms with Crippen LogP contribution in [0.3, 0.4) is 0 Å². The molecule has 0 saturated carbocycles. The van der Waals surface area contributed by atoms with Gasteiger partial charge in [-0.3, -0.25) is 14.3 Å². The fraction of sp³-hybridized carbons (Fsp3) is 0.240. The average Bonchev–Trinajstić information content (AvgIpc) is 3.24. The number of carbonyl (C=O) groups excluding carboxylic acids is 3. The molecule has 0 aliphatic carbocycles. The number of rotatable bonds is 6. The van der Waals surface area contributed by atoms with Crippen LogP contribution in [0.5, 0.6) is 0 Å². The van der Waals surface area contributed by atoms with Crippen molar-refractivity contribution in [2.24, 2.45) is 0 Å². The highest BCUT2D eigenvalue weighted by atomic mass is 32.2. The van der Waals surface area contributed by atoms with Gasteiger partial charge < -0.3 is 20.3 Å². The van der Waals surface area contributed by atoms with E-state index in [0.717, 1.165) is 16.0 Å². The van der Waals surface area contributed by atoms with E-state index in [0.29, 0.717) is 23.5 Å². The van der Waals surface area contributed by atoms with E-state index in [1.165, 1.54) is 48.6 Å². The molecule has 12 heteroatoms. The Morgan fingerprint density at radius 2 is 1.78 bits per heavy atom. The Morgan fingerprint density at radius 1 is 1.05 bits per heavy atom. The van der Waals surface area contributed by atoms with Gasteiger partial charge in [0.05, 0.1) is 24.1 Å². The summed E-state index contributed by atoms with van der Waals surface area (Å²) in [5, 5.41) is 5.75. The standard InChI is InChI=1S/C25H26N4O6S2/c1-15-7-9-18(10-8-15)37(33,34)28-17-6-4-5-16(13-17)22(30)27-24-21(23(31)26-2)19-11-12-29(25(32)35-3)14-20(19)36-24/h4-10,13,28H,11-12,14H2,1-3H3,(H,26,31)(H,27,30). The summed E-state index contributed by atoms with van der Waals surface area (Å²) >= 11 is 1.22. The summed E-state index contributed by atoms with van der Waals surface area (Å²) in [5.74, 6) is -0.858. The average molecular weight is 543 g/mol. The minimum atomic E-state index is -3.84. The Labute approximate surface area is 218 Å². The monoisotopic (exact) mass is 542 g/mol. The van der Waals surface area contributed by atoms with E-state index in [-0.39, 0.29) is 28.6 Å². The maximum absolute atomic E-state index is 13.1. The molecule has 3 aromatic rings. The van der Waals surface area contributed by atoms with Crippen molar-refractivity contribution in [2.45, 2.75) is 24.8 Å². The number of hydrogen-bond donors (Lipinski definition) is 3. The van der Waals surface area contributed by atoms with Crippen LogP contribution >= 0.6 is 11.3 Å². The number of hydrogen-bond acceptors (Lipinski definition) is 7. The molecule has 0 spiro atoms. The molecule has 194 valence electrons. The minimum absolute atomic E-state index is 0.105. The summed E-state index contributed by atoms with van der Waals surface area (Å²) in [6.45, 7) is 2.51. The Kier molecular flexibility index (Phi) is 7.50. The third-order valence-corrected chi connectivity index (χ3v) is 8.41. The molecule has 37 heavy (non-hydrogen) atoms. The van der Waals surface area contributed by atoms with Gasteiger partial charge in [-0.1, -0.05) is 23.8 Å². The fourth-order valence-corrected chi connectivity index (χ4v) is 6.28. The third kappa shape index (κ3) is 5.59. The van der Waals surface area contributed by atoms with Crippen LogP contribution in [0.15, 0.2) is 53.4 Å². The zero-order valence-corrected chi connectivity index (χ0v) is 22.1. The van der Waals surface area contributed by atoms with Gasteiger partial charge in [0.15, 0.2) is 0 Å². The number of nitrogens with zero attached hydrogens (tertiary/aromatic N) is 1. The number of ether oxygens (including phenoxy) is 1. The quantitative estimate of drug-likeness (QED) is 0.436. The minimum Gasteiger partial charge on any atom is -0.453 e. The molecule has 1 aromatic heterocycles. The van der Waals surface area contributed by atoms with Gasteiger partial charge in [-0.15, -0.1) is 11.3 Å². The largest absolute Gasteiger partial charge is 0.453 e. The normalized spacial score (nSPS) is 12.9.